The second-order valence-electron chi connectivity index (χ2n) is 7.97. The van der Waals surface area contributed by atoms with Crippen LogP contribution >= 0.6 is 22.6 Å². The van der Waals surface area contributed by atoms with Gasteiger partial charge in [-0.25, -0.2) is 5.43 Å². The number of hydrogen-bond acceptors (Lipinski definition) is 8. The molecule has 3 rings (SSSR count). The van der Waals surface area contributed by atoms with Crippen molar-refractivity contribution in [2.45, 2.75) is 13.1 Å². The van der Waals surface area contributed by atoms with Crippen molar-refractivity contribution < 1.29 is 41.8 Å². The van der Waals surface area contributed by atoms with Crippen molar-refractivity contribution in [3.63, 3.8) is 0 Å². The fraction of sp³-hybridized carbons (Fsp3) is 0.185. The van der Waals surface area contributed by atoms with Crippen LogP contribution in [0.4, 0.5) is 18.9 Å². The predicted octanol–water partition coefficient (Wildman–Crippen LogP) is 6.75. The second-order valence-corrected chi connectivity index (χ2v) is 9.13. The zero-order chi connectivity index (χ0) is 30.2. The van der Waals surface area contributed by atoms with Gasteiger partial charge in [0, 0.05) is 11.6 Å². The molecule has 1 N–H and O–H groups in total. The van der Waals surface area contributed by atoms with Crippen LogP contribution in [0, 0.1) is 13.7 Å². The van der Waals surface area contributed by atoms with Gasteiger partial charge in [0.05, 0.1) is 34.0 Å². The maximum atomic E-state index is 13.0. The predicted molar refractivity (Wildman–Crippen MR) is 152 cm³/mol. The van der Waals surface area contributed by atoms with E-state index in [-0.39, 0.29) is 23.7 Å². The largest absolute Gasteiger partial charge is 0.493 e. The summed E-state index contributed by atoms with van der Waals surface area (Å²) in [6, 6.07) is 9.67. The van der Waals surface area contributed by atoms with E-state index in [1.807, 2.05) is 22.6 Å². The summed E-state index contributed by atoms with van der Waals surface area (Å²) in [4.78, 5) is 23.1. The van der Waals surface area contributed by atoms with Gasteiger partial charge < -0.3 is 18.9 Å². The van der Waals surface area contributed by atoms with Gasteiger partial charge in [-0.15, -0.1) is 0 Å². The number of halogens is 4. The Labute approximate surface area is 246 Å². The molecule has 10 nitrogen and oxygen atoms in total. The summed E-state index contributed by atoms with van der Waals surface area (Å²) < 4.78 is 61.5. The highest BCUT2D eigenvalue weighted by Gasteiger charge is 2.33. The van der Waals surface area contributed by atoms with E-state index in [9.17, 15) is 28.1 Å². The number of hydrazone groups is 1. The molecule has 0 bridgehead atoms. The molecule has 0 aliphatic carbocycles. The van der Waals surface area contributed by atoms with Gasteiger partial charge in [-0.1, -0.05) is 12.7 Å². The van der Waals surface area contributed by atoms with Crippen LogP contribution in [-0.4, -0.2) is 37.4 Å². The van der Waals surface area contributed by atoms with Crippen LogP contribution in [0.2, 0.25) is 0 Å². The molecule has 0 heterocycles. The van der Waals surface area contributed by atoms with Crippen LogP contribution in [-0.2, 0) is 6.18 Å². The van der Waals surface area contributed by atoms with Gasteiger partial charge in [0.15, 0.2) is 23.0 Å². The Morgan fingerprint density at radius 2 is 1.83 bits per heavy atom. The molecule has 1 amide bonds. The Bertz CT molecular complexity index is 1480. The van der Waals surface area contributed by atoms with E-state index in [0.29, 0.717) is 39.4 Å². The van der Waals surface area contributed by atoms with E-state index in [0.717, 1.165) is 6.07 Å². The summed E-state index contributed by atoms with van der Waals surface area (Å²) >= 11 is 1.87. The molecule has 3 aromatic carbocycles. The van der Waals surface area contributed by atoms with E-state index in [2.05, 4.69) is 17.1 Å². The molecule has 14 heteroatoms. The van der Waals surface area contributed by atoms with Crippen LogP contribution < -0.4 is 24.4 Å². The fourth-order valence-electron chi connectivity index (χ4n) is 3.36. The molecule has 0 unspecified atom stereocenters. The normalized spacial score (nSPS) is 11.2. The van der Waals surface area contributed by atoms with Crippen LogP contribution in [0.3, 0.4) is 0 Å². The molecule has 0 radical (unpaired) electrons. The summed E-state index contributed by atoms with van der Waals surface area (Å²) in [6.45, 7) is 6.02. The lowest BCUT2D eigenvalue weighted by Gasteiger charge is -2.14. The number of hydrogen-bond donors (Lipinski definition) is 1. The number of methoxy groups -OCH3 is 1. The molecule has 0 fully saturated rings. The first-order valence-electron chi connectivity index (χ1n) is 11.7. The number of nitrogens with one attached hydrogen (secondary N) is 1. The molecule has 3 aromatic rings. The minimum atomic E-state index is -4.76. The third-order valence-corrected chi connectivity index (χ3v) is 5.99. The molecular weight excluding hydrogens is 662 g/mol. The third-order valence-electron chi connectivity index (χ3n) is 5.19. The first-order chi connectivity index (χ1) is 19.5. The SMILES string of the molecule is C=CCOc1ccc(C(=O)N/N=C/c2cc(I)c(Oc3ccc(C(F)(F)F)cc3[N+](=O)[O-])c(OC)c2)cc1OCC. The van der Waals surface area contributed by atoms with Crippen LogP contribution in [0.1, 0.15) is 28.4 Å². The van der Waals surface area contributed by atoms with E-state index in [1.165, 1.54) is 25.5 Å². The van der Waals surface area contributed by atoms with E-state index in [4.69, 9.17) is 18.9 Å². The minimum absolute atomic E-state index is 0.0411. The van der Waals surface area contributed by atoms with E-state index < -0.39 is 34.0 Å². The van der Waals surface area contributed by atoms with Crippen LogP contribution in [0.25, 0.3) is 0 Å². The molecular formula is C27H23F3IN3O7. The quantitative estimate of drug-likeness (QED) is 0.0737. The Morgan fingerprint density at radius 1 is 1.10 bits per heavy atom. The lowest BCUT2D eigenvalue weighted by molar-refractivity contribution is -0.385. The van der Waals surface area contributed by atoms with Gasteiger partial charge in [-0.2, -0.15) is 18.3 Å². The van der Waals surface area contributed by atoms with Crippen LogP contribution in [0.5, 0.6) is 28.7 Å². The van der Waals surface area contributed by atoms with Crippen molar-refractivity contribution in [3.8, 4) is 28.7 Å². The average Bonchev–Trinajstić information content (AvgIpc) is 2.93. The van der Waals surface area contributed by atoms with Crippen molar-refractivity contribution in [1.82, 2.24) is 5.43 Å². The Morgan fingerprint density at radius 3 is 2.46 bits per heavy atom. The first kappa shape index (κ1) is 31.2. The summed E-state index contributed by atoms with van der Waals surface area (Å²) in [5.74, 6) is 0.0789. The molecule has 0 aliphatic rings. The number of carbonyl (C=O) groups excluding carboxylic acids is 1. The molecule has 0 atom stereocenters. The van der Waals surface area contributed by atoms with Crippen molar-refractivity contribution in [2.75, 3.05) is 20.3 Å². The third kappa shape index (κ3) is 8.09. The number of nitro groups is 1. The number of carbonyl (C=O) groups is 1. The first-order valence-corrected chi connectivity index (χ1v) is 12.8. The number of benzene rings is 3. The highest BCUT2D eigenvalue weighted by molar-refractivity contribution is 14.1. The van der Waals surface area contributed by atoms with E-state index in [1.54, 1.807) is 31.2 Å². The van der Waals surface area contributed by atoms with Gasteiger partial charge in [-0.05, 0) is 77.5 Å². The van der Waals surface area contributed by atoms with Crippen molar-refractivity contribution >= 4 is 40.4 Å². The molecule has 0 aliphatic heterocycles. The second kappa shape index (κ2) is 13.8. The molecule has 0 aromatic heterocycles. The Hall–Kier alpha value is -4.34. The zero-order valence-corrected chi connectivity index (χ0v) is 23.8. The van der Waals surface area contributed by atoms with Crippen molar-refractivity contribution in [2.24, 2.45) is 5.10 Å². The number of rotatable bonds is 12. The summed E-state index contributed by atoms with van der Waals surface area (Å²) in [7, 11) is 1.32. The molecule has 0 spiro atoms. The minimum Gasteiger partial charge on any atom is -0.493 e. The number of nitrogens with zero attached hydrogens (tertiary/aromatic N) is 2. The van der Waals surface area contributed by atoms with Crippen molar-refractivity contribution in [3.05, 3.63) is 91.6 Å². The van der Waals surface area contributed by atoms with E-state index >= 15 is 0 Å². The zero-order valence-electron chi connectivity index (χ0n) is 21.7. The fourth-order valence-corrected chi connectivity index (χ4v) is 4.10. The highest BCUT2D eigenvalue weighted by Crippen LogP contribution is 2.42. The number of amides is 1. The molecule has 41 heavy (non-hydrogen) atoms. The molecule has 0 saturated carbocycles. The number of ether oxygens (including phenoxy) is 4. The maximum absolute atomic E-state index is 13.0. The monoisotopic (exact) mass is 685 g/mol. The smallest absolute Gasteiger partial charge is 0.416 e. The Balaban J connectivity index is 1.80. The number of alkyl halides is 3. The summed E-state index contributed by atoms with van der Waals surface area (Å²) in [5, 5.41) is 15.4. The maximum Gasteiger partial charge on any atom is 0.416 e. The molecule has 0 saturated heterocycles. The lowest BCUT2D eigenvalue weighted by atomic mass is 10.1. The highest BCUT2D eigenvalue weighted by atomic mass is 127. The topological polar surface area (TPSA) is 122 Å². The average molecular weight is 685 g/mol. The molecule has 216 valence electrons. The van der Waals surface area contributed by atoms with Gasteiger partial charge in [-0.3, -0.25) is 14.9 Å². The van der Waals surface area contributed by atoms with Crippen molar-refractivity contribution in [1.29, 1.82) is 0 Å². The standard InChI is InChI=1S/C27H23F3IN3O7/c1-4-10-40-22-8-6-17(13-23(22)39-5-2)26(35)33-32-15-16-11-19(31)25(24(12-16)38-3)41-21-9-7-18(27(28,29)30)14-20(21)34(36)37/h4,6-9,11-15H,1,5,10H2,2-3H3,(H,33,35)/b32-15+. The van der Waals surface area contributed by atoms with Gasteiger partial charge in [0.25, 0.3) is 5.91 Å². The summed E-state index contributed by atoms with van der Waals surface area (Å²) in [5.41, 5.74) is 1.09. The Kier molecular flexibility index (Phi) is 10.5. The van der Waals surface area contributed by atoms with Crippen LogP contribution in [0.15, 0.2) is 66.3 Å². The van der Waals surface area contributed by atoms with Gasteiger partial charge >= 0.3 is 11.9 Å². The summed E-state index contributed by atoms with van der Waals surface area (Å²) in [6.07, 6.45) is -1.85. The number of nitro benzene ring substituents is 1. The van der Waals surface area contributed by atoms with Gasteiger partial charge in [0.1, 0.15) is 6.61 Å². The van der Waals surface area contributed by atoms with Gasteiger partial charge in [0.2, 0.25) is 5.75 Å². The lowest BCUT2D eigenvalue weighted by Crippen LogP contribution is -2.17.